The number of carbonyl (C=O) groups is 3. The van der Waals surface area contributed by atoms with Crippen molar-refractivity contribution in [3.8, 4) is 0 Å². The number of piperidine rings is 2. The van der Waals surface area contributed by atoms with Crippen LogP contribution in [0, 0.1) is 5.92 Å². The van der Waals surface area contributed by atoms with Crippen LogP contribution < -0.4 is 0 Å². The molecule has 2 aromatic rings. The Hall–Kier alpha value is -2.60. The summed E-state index contributed by atoms with van der Waals surface area (Å²) in [4.78, 5) is 46.7. The summed E-state index contributed by atoms with van der Waals surface area (Å²) >= 11 is 24.9. The third-order valence-corrected chi connectivity index (χ3v) is 10.9. The number of aliphatic hydroxyl groups is 1. The van der Waals surface area contributed by atoms with Gasteiger partial charge in [-0.3, -0.25) is 14.4 Å². The lowest BCUT2D eigenvalue weighted by molar-refractivity contribution is -0.150. The van der Waals surface area contributed by atoms with E-state index in [0.717, 1.165) is 44.3 Å². The number of aliphatic hydroxyl groups excluding tert-OH is 1. The zero-order valence-corrected chi connectivity index (χ0v) is 29.9. The van der Waals surface area contributed by atoms with Crippen molar-refractivity contribution in [1.29, 1.82) is 0 Å². The van der Waals surface area contributed by atoms with Crippen molar-refractivity contribution in [2.24, 2.45) is 11.1 Å². The Morgan fingerprint density at radius 3 is 2.29 bits per heavy atom. The number of β-amino-alcohol motifs (C(OH)–C–C–N with tert-alkyl or cyclic N) is 1. The van der Waals surface area contributed by atoms with Crippen LogP contribution in [0.4, 0.5) is 0 Å². The average Bonchev–Trinajstić information content (AvgIpc) is 3.04. The van der Waals surface area contributed by atoms with Gasteiger partial charge in [-0.15, -0.1) is 0 Å². The molecule has 0 aromatic heterocycles. The van der Waals surface area contributed by atoms with Crippen molar-refractivity contribution in [3.05, 3.63) is 67.6 Å². The van der Waals surface area contributed by atoms with Crippen LogP contribution in [0.15, 0.2) is 41.6 Å². The van der Waals surface area contributed by atoms with Crippen LogP contribution >= 0.6 is 46.4 Å². The molecule has 2 atom stereocenters. The number of hydrogen-bond donors (Lipinski definition) is 2. The molecule has 2 aromatic carbocycles. The van der Waals surface area contributed by atoms with Gasteiger partial charge in [0, 0.05) is 79.7 Å². The van der Waals surface area contributed by atoms with Gasteiger partial charge in [-0.25, -0.2) is 0 Å². The van der Waals surface area contributed by atoms with E-state index in [-0.39, 0.29) is 48.6 Å². The van der Waals surface area contributed by atoms with Crippen molar-refractivity contribution in [1.82, 2.24) is 19.6 Å². The molecule has 3 aliphatic heterocycles. The van der Waals surface area contributed by atoms with E-state index in [0.29, 0.717) is 64.0 Å². The van der Waals surface area contributed by atoms with Gasteiger partial charge in [0.25, 0.3) is 5.91 Å². The highest BCUT2D eigenvalue weighted by molar-refractivity contribution is 6.42. The van der Waals surface area contributed by atoms with E-state index in [2.05, 4.69) is 10.1 Å². The van der Waals surface area contributed by atoms with Crippen LogP contribution in [0.5, 0.6) is 0 Å². The number of halogens is 4. The topological polar surface area (TPSA) is 117 Å². The standard InChI is InChI=1S/C34H41Cl4N5O5/c1-40(33(46)23-13-24(35)17-25(36)14-23)20-31(39-48)28(21-4-5-29(37)30(38)15-21)8-12-41-10-6-26(7-11-41)43-9-2-3-22(34(43)47)16-32(45)42-18-27(44)19-42/h4-5,13-15,17,22,26-28,44,48H,2-3,6-12,16,18-20H2,1H3/b39-31+/t22?,28-/m1/s1. The van der Waals surface area contributed by atoms with E-state index in [1.165, 1.54) is 4.90 Å². The first-order valence-electron chi connectivity index (χ1n) is 16.3. The first kappa shape index (κ1) is 36.7. The molecule has 0 aliphatic carbocycles. The average molecular weight is 742 g/mol. The minimum absolute atomic E-state index is 0.0472. The van der Waals surface area contributed by atoms with Gasteiger partial charge in [-0.2, -0.15) is 0 Å². The Balaban J connectivity index is 1.20. The first-order valence-corrected chi connectivity index (χ1v) is 17.8. The van der Waals surface area contributed by atoms with Crippen molar-refractivity contribution < 1.29 is 24.7 Å². The van der Waals surface area contributed by atoms with Crippen molar-refractivity contribution in [2.75, 3.05) is 52.9 Å². The third-order valence-electron chi connectivity index (χ3n) is 9.68. The zero-order valence-electron chi connectivity index (χ0n) is 26.8. The van der Waals surface area contributed by atoms with Crippen LogP contribution in [-0.4, -0.2) is 118 Å². The maximum atomic E-state index is 13.4. The Labute approximate surface area is 301 Å². The molecule has 260 valence electrons. The van der Waals surface area contributed by atoms with Gasteiger partial charge in [-0.05, 0) is 74.5 Å². The molecule has 5 rings (SSSR count). The van der Waals surface area contributed by atoms with E-state index in [1.54, 1.807) is 42.3 Å². The fraction of sp³-hybridized carbons (Fsp3) is 0.529. The molecule has 3 aliphatic rings. The fourth-order valence-corrected chi connectivity index (χ4v) is 7.80. The van der Waals surface area contributed by atoms with E-state index in [1.807, 2.05) is 11.0 Å². The first-order chi connectivity index (χ1) is 22.9. The third kappa shape index (κ3) is 8.94. The van der Waals surface area contributed by atoms with Gasteiger partial charge >= 0.3 is 0 Å². The molecule has 10 nitrogen and oxygen atoms in total. The minimum atomic E-state index is -0.454. The molecule has 0 radical (unpaired) electrons. The lowest BCUT2D eigenvalue weighted by atomic mass is 9.89. The predicted molar refractivity (Wildman–Crippen MR) is 188 cm³/mol. The number of nitrogens with zero attached hydrogens (tertiary/aromatic N) is 5. The van der Waals surface area contributed by atoms with Crippen LogP contribution in [-0.2, 0) is 9.59 Å². The number of oxime groups is 1. The van der Waals surface area contributed by atoms with Gasteiger partial charge in [0.2, 0.25) is 11.8 Å². The summed E-state index contributed by atoms with van der Waals surface area (Å²) in [6, 6.07) is 10.1. The zero-order chi connectivity index (χ0) is 34.5. The van der Waals surface area contributed by atoms with Gasteiger partial charge in [0.05, 0.1) is 28.4 Å². The van der Waals surface area contributed by atoms with Crippen LogP contribution in [0.3, 0.4) is 0 Å². The summed E-state index contributed by atoms with van der Waals surface area (Å²) in [5.41, 5.74) is 1.52. The Kier molecular flexibility index (Phi) is 12.5. The molecule has 1 unspecified atom stereocenters. The predicted octanol–water partition coefficient (Wildman–Crippen LogP) is 5.67. The Morgan fingerprint density at radius 2 is 1.67 bits per heavy atom. The second kappa shape index (κ2) is 16.4. The highest BCUT2D eigenvalue weighted by atomic mass is 35.5. The summed E-state index contributed by atoms with van der Waals surface area (Å²) in [6.45, 7) is 3.73. The maximum Gasteiger partial charge on any atom is 0.254 e. The highest BCUT2D eigenvalue weighted by Crippen LogP contribution is 2.32. The van der Waals surface area contributed by atoms with Gasteiger partial charge in [0.15, 0.2) is 0 Å². The molecule has 3 heterocycles. The second-order valence-electron chi connectivity index (χ2n) is 13.0. The molecule has 3 fully saturated rings. The van der Waals surface area contributed by atoms with Crippen LogP contribution in [0.1, 0.15) is 60.4 Å². The van der Waals surface area contributed by atoms with E-state index >= 15 is 0 Å². The molecule has 0 bridgehead atoms. The summed E-state index contributed by atoms with van der Waals surface area (Å²) < 4.78 is 0. The number of hydrogen-bond acceptors (Lipinski definition) is 7. The van der Waals surface area contributed by atoms with Gasteiger partial charge < -0.3 is 29.9 Å². The number of benzene rings is 2. The van der Waals surface area contributed by atoms with Crippen LogP contribution in [0.2, 0.25) is 20.1 Å². The molecule has 0 saturated carbocycles. The minimum Gasteiger partial charge on any atom is -0.411 e. The molecule has 3 saturated heterocycles. The monoisotopic (exact) mass is 739 g/mol. The molecular formula is C34H41Cl4N5O5. The molecule has 48 heavy (non-hydrogen) atoms. The molecule has 14 heteroatoms. The largest absolute Gasteiger partial charge is 0.411 e. The van der Waals surface area contributed by atoms with E-state index in [9.17, 15) is 24.7 Å². The molecular weight excluding hydrogens is 700 g/mol. The lowest BCUT2D eigenvalue weighted by Gasteiger charge is -2.43. The Morgan fingerprint density at radius 1 is 0.979 bits per heavy atom. The second-order valence-corrected chi connectivity index (χ2v) is 14.7. The lowest BCUT2D eigenvalue weighted by Crippen LogP contribution is -2.55. The van der Waals surface area contributed by atoms with Crippen molar-refractivity contribution in [2.45, 2.75) is 56.6 Å². The fourth-order valence-electron chi connectivity index (χ4n) is 6.97. The normalized spacial score (nSPS) is 20.5. The van der Waals surface area contributed by atoms with Crippen molar-refractivity contribution in [3.63, 3.8) is 0 Å². The van der Waals surface area contributed by atoms with Gasteiger partial charge in [0.1, 0.15) is 0 Å². The van der Waals surface area contributed by atoms with E-state index in [4.69, 9.17) is 46.4 Å². The number of likely N-dealkylation sites (tertiary alicyclic amines) is 3. The number of rotatable bonds is 11. The van der Waals surface area contributed by atoms with Gasteiger partial charge in [-0.1, -0.05) is 57.6 Å². The van der Waals surface area contributed by atoms with E-state index < -0.39 is 6.10 Å². The highest BCUT2D eigenvalue weighted by Gasteiger charge is 2.38. The summed E-state index contributed by atoms with van der Waals surface area (Å²) in [7, 11) is 1.62. The quantitative estimate of drug-likeness (QED) is 0.174. The Bertz CT molecular complexity index is 1510. The molecule has 0 spiro atoms. The van der Waals surface area contributed by atoms with Crippen LogP contribution in [0.25, 0.3) is 0 Å². The van der Waals surface area contributed by atoms with Crippen molar-refractivity contribution >= 4 is 69.8 Å². The number of amides is 3. The number of carbonyl (C=O) groups excluding carboxylic acids is 3. The SMILES string of the molecule is CN(C/C(=N\O)[C@H](CCN1CCC(N2CCCC(CC(=O)N3CC(O)C3)C2=O)CC1)c1ccc(Cl)c(Cl)c1)C(=O)c1cc(Cl)cc(Cl)c1. The summed E-state index contributed by atoms with van der Waals surface area (Å²) in [6.07, 6.45) is 3.58. The molecule has 2 N–H and O–H groups in total. The molecule has 3 amide bonds. The smallest absolute Gasteiger partial charge is 0.254 e. The summed E-state index contributed by atoms with van der Waals surface area (Å²) in [5, 5.41) is 24.9. The summed E-state index contributed by atoms with van der Waals surface area (Å²) in [5.74, 6) is -0.978. The maximum absolute atomic E-state index is 13.4.